The lowest BCUT2D eigenvalue weighted by atomic mass is 10.0. The second kappa shape index (κ2) is 59.9. The summed E-state index contributed by atoms with van der Waals surface area (Å²) in [4.78, 5) is 12.5. The summed E-state index contributed by atoms with van der Waals surface area (Å²) >= 11 is 0. The van der Waals surface area contributed by atoms with Gasteiger partial charge >= 0.3 is 0 Å². The highest BCUT2D eigenvalue weighted by Crippen LogP contribution is 2.18. The van der Waals surface area contributed by atoms with Gasteiger partial charge in [0.15, 0.2) is 0 Å². The van der Waals surface area contributed by atoms with Gasteiger partial charge in [-0.15, -0.1) is 0 Å². The van der Waals surface area contributed by atoms with Gasteiger partial charge in [0.05, 0.1) is 18.8 Å². The average molecular weight is 955 g/mol. The zero-order chi connectivity index (χ0) is 49.2. The van der Waals surface area contributed by atoms with Crippen molar-refractivity contribution in [3.8, 4) is 0 Å². The highest BCUT2D eigenvalue weighted by Gasteiger charge is 2.18. The molecule has 0 aromatic heterocycles. The van der Waals surface area contributed by atoms with E-state index in [0.717, 1.165) is 38.5 Å². The lowest BCUT2D eigenvalue weighted by Crippen LogP contribution is -2.45. The molecule has 0 aromatic carbocycles. The minimum Gasteiger partial charge on any atom is -0.394 e. The van der Waals surface area contributed by atoms with Crippen molar-refractivity contribution in [3.63, 3.8) is 0 Å². The van der Waals surface area contributed by atoms with Crippen LogP contribution < -0.4 is 5.32 Å². The molecule has 402 valence electrons. The number of aliphatic hydroxyl groups excluding tert-OH is 2. The van der Waals surface area contributed by atoms with E-state index in [2.05, 4.69) is 43.5 Å². The van der Waals surface area contributed by atoms with Gasteiger partial charge in [-0.1, -0.05) is 333 Å². The predicted molar refractivity (Wildman–Crippen MR) is 304 cm³/mol. The molecule has 68 heavy (non-hydrogen) atoms. The molecule has 4 nitrogen and oxygen atoms in total. The number of aliphatic hydroxyl groups is 2. The van der Waals surface area contributed by atoms with Crippen LogP contribution in [0.15, 0.2) is 36.5 Å². The molecule has 2 atom stereocenters. The maximum absolute atomic E-state index is 12.5. The van der Waals surface area contributed by atoms with Gasteiger partial charge in [0.1, 0.15) is 0 Å². The Morgan fingerprint density at radius 3 is 0.853 bits per heavy atom. The Morgan fingerprint density at radius 1 is 0.338 bits per heavy atom. The number of hydrogen-bond donors (Lipinski definition) is 3. The topological polar surface area (TPSA) is 69.6 Å². The van der Waals surface area contributed by atoms with Gasteiger partial charge in [0, 0.05) is 6.42 Å². The molecule has 0 radical (unpaired) electrons. The maximum Gasteiger partial charge on any atom is 0.220 e. The van der Waals surface area contributed by atoms with E-state index in [-0.39, 0.29) is 12.5 Å². The molecule has 0 aliphatic heterocycles. The van der Waals surface area contributed by atoms with E-state index < -0.39 is 12.1 Å². The third kappa shape index (κ3) is 55.5. The van der Waals surface area contributed by atoms with Gasteiger partial charge in [-0.05, 0) is 44.9 Å². The molecule has 2 unspecified atom stereocenters. The summed E-state index contributed by atoms with van der Waals surface area (Å²) in [7, 11) is 0. The van der Waals surface area contributed by atoms with Gasteiger partial charge in [-0.25, -0.2) is 0 Å². The van der Waals surface area contributed by atoms with Crippen molar-refractivity contribution in [1.82, 2.24) is 5.32 Å². The first-order valence-corrected chi connectivity index (χ1v) is 31.2. The molecular formula is C64H123NO3. The van der Waals surface area contributed by atoms with Crippen molar-refractivity contribution in [2.45, 2.75) is 360 Å². The first-order valence-electron chi connectivity index (χ1n) is 31.2. The zero-order valence-electron chi connectivity index (χ0n) is 46.4. The van der Waals surface area contributed by atoms with Crippen LogP contribution in [0.4, 0.5) is 0 Å². The van der Waals surface area contributed by atoms with E-state index in [1.807, 2.05) is 6.08 Å². The average Bonchev–Trinajstić information content (AvgIpc) is 3.34. The third-order valence-corrected chi connectivity index (χ3v) is 14.6. The van der Waals surface area contributed by atoms with E-state index in [1.54, 1.807) is 6.08 Å². The lowest BCUT2D eigenvalue weighted by Gasteiger charge is -2.19. The largest absolute Gasteiger partial charge is 0.394 e. The molecule has 4 heteroatoms. The van der Waals surface area contributed by atoms with Crippen molar-refractivity contribution in [1.29, 1.82) is 0 Å². The van der Waals surface area contributed by atoms with Gasteiger partial charge < -0.3 is 15.5 Å². The molecule has 0 spiro atoms. The van der Waals surface area contributed by atoms with Crippen LogP contribution in [0.25, 0.3) is 0 Å². The molecular weight excluding hydrogens is 831 g/mol. The monoisotopic (exact) mass is 954 g/mol. The Morgan fingerprint density at radius 2 is 0.574 bits per heavy atom. The van der Waals surface area contributed by atoms with Crippen LogP contribution in [0.2, 0.25) is 0 Å². The fraction of sp³-hybridized carbons (Fsp3) is 0.891. The number of unbranched alkanes of at least 4 members (excludes halogenated alkanes) is 47. The van der Waals surface area contributed by atoms with Crippen LogP contribution >= 0.6 is 0 Å². The number of carbonyl (C=O) groups excluding carboxylic acids is 1. The van der Waals surface area contributed by atoms with Crippen molar-refractivity contribution in [2.75, 3.05) is 6.61 Å². The molecule has 0 fully saturated rings. The van der Waals surface area contributed by atoms with E-state index in [1.165, 1.54) is 289 Å². The summed E-state index contributed by atoms with van der Waals surface area (Å²) in [5.74, 6) is -0.0710. The third-order valence-electron chi connectivity index (χ3n) is 14.6. The molecule has 0 saturated heterocycles. The van der Waals surface area contributed by atoms with Crippen LogP contribution in [0.3, 0.4) is 0 Å². The molecule has 0 heterocycles. The zero-order valence-corrected chi connectivity index (χ0v) is 46.4. The molecule has 0 saturated carbocycles. The molecule has 0 aromatic rings. The fourth-order valence-electron chi connectivity index (χ4n) is 9.86. The number of hydrogen-bond acceptors (Lipinski definition) is 3. The Kier molecular flexibility index (Phi) is 58.7. The minimum absolute atomic E-state index is 0.0710. The van der Waals surface area contributed by atoms with E-state index in [0.29, 0.717) is 6.42 Å². The van der Waals surface area contributed by atoms with Crippen molar-refractivity contribution in [3.05, 3.63) is 36.5 Å². The Balaban J connectivity index is 3.44. The first kappa shape index (κ1) is 66.6. The lowest BCUT2D eigenvalue weighted by molar-refractivity contribution is -0.123. The van der Waals surface area contributed by atoms with Crippen LogP contribution in [0, 0.1) is 0 Å². The Hall–Kier alpha value is -1.39. The summed E-state index contributed by atoms with van der Waals surface area (Å²) in [5.41, 5.74) is 0. The summed E-state index contributed by atoms with van der Waals surface area (Å²) in [5, 5.41) is 23.2. The summed E-state index contributed by atoms with van der Waals surface area (Å²) in [6, 6.07) is -0.644. The van der Waals surface area contributed by atoms with E-state index in [4.69, 9.17) is 0 Å². The molecule has 1 amide bonds. The SMILES string of the molecule is CCCCCCCCCCCCC/C=C/CC/C=C/CC/C=C/C(O)C(CO)NC(=O)CCCCCCCCCCCCCCCCCCCCCCCCCCCCCCCCCCCCC. The predicted octanol–water partition coefficient (Wildman–Crippen LogP) is 20.8. The number of nitrogens with one attached hydrogen (secondary N) is 1. The normalized spacial score (nSPS) is 12.9. The van der Waals surface area contributed by atoms with Crippen LogP contribution in [-0.2, 0) is 4.79 Å². The fourth-order valence-corrected chi connectivity index (χ4v) is 9.86. The highest BCUT2D eigenvalue weighted by molar-refractivity contribution is 5.76. The number of carbonyl (C=O) groups is 1. The number of amides is 1. The molecule has 0 aliphatic rings. The minimum atomic E-state index is -0.869. The Bertz CT molecular complexity index is 1040. The quantitative estimate of drug-likeness (QED) is 0.0420. The molecule has 0 aliphatic carbocycles. The number of allylic oxidation sites excluding steroid dienone is 5. The van der Waals surface area contributed by atoms with Crippen LogP contribution in [0.1, 0.15) is 348 Å². The van der Waals surface area contributed by atoms with Gasteiger partial charge in [0.25, 0.3) is 0 Å². The van der Waals surface area contributed by atoms with Crippen molar-refractivity contribution >= 4 is 5.91 Å². The van der Waals surface area contributed by atoms with Crippen molar-refractivity contribution < 1.29 is 15.0 Å². The van der Waals surface area contributed by atoms with Crippen molar-refractivity contribution in [2.24, 2.45) is 0 Å². The van der Waals surface area contributed by atoms with E-state index >= 15 is 0 Å². The second-order valence-electron chi connectivity index (χ2n) is 21.5. The maximum atomic E-state index is 12.5. The van der Waals surface area contributed by atoms with Crippen LogP contribution in [-0.4, -0.2) is 34.9 Å². The van der Waals surface area contributed by atoms with Gasteiger partial charge in [0.2, 0.25) is 5.91 Å². The number of rotatable bonds is 58. The van der Waals surface area contributed by atoms with E-state index in [9.17, 15) is 15.0 Å². The standard InChI is InChI=1S/C64H123NO3/c1-3-5-7-9-11-13-15-17-19-21-23-25-26-27-28-29-30-31-32-33-34-35-36-37-38-40-42-44-46-48-50-52-54-56-58-60-64(68)65-62(61-66)63(67)59-57-55-53-51-49-47-45-43-41-39-24-22-20-18-16-14-12-10-8-6-4-2/h41,43,49,51,57,59,62-63,66-67H,3-40,42,44-48,50,52-56,58,60-61H2,1-2H3,(H,65,68)/b43-41+,51-49+,59-57+. The first-order chi connectivity index (χ1) is 33.7. The highest BCUT2D eigenvalue weighted by atomic mass is 16.3. The smallest absolute Gasteiger partial charge is 0.220 e. The Labute approximate surface area is 427 Å². The summed E-state index contributed by atoms with van der Waals surface area (Å²) in [6.07, 6.45) is 82.1. The van der Waals surface area contributed by atoms with Crippen LogP contribution in [0.5, 0.6) is 0 Å². The van der Waals surface area contributed by atoms with Gasteiger partial charge in [-0.2, -0.15) is 0 Å². The summed E-state index contributed by atoms with van der Waals surface area (Å²) < 4.78 is 0. The molecule has 0 bridgehead atoms. The molecule has 0 rings (SSSR count). The summed E-state index contributed by atoms with van der Waals surface area (Å²) in [6.45, 7) is 4.33. The molecule has 3 N–H and O–H groups in total. The van der Waals surface area contributed by atoms with Gasteiger partial charge in [-0.3, -0.25) is 4.79 Å². The second-order valence-corrected chi connectivity index (χ2v) is 21.5.